The molecular weight excluding hydrogens is 288 g/mol. The summed E-state index contributed by atoms with van der Waals surface area (Å²) in [5.41, 5.74) is 5.57. The molecule has 17 heavy (non-hydrogen) atoms. The first-order valence-electron chi connectivity index (χ1n) is 4.62. The molecule has 0 unspecified atom stereocenters. The van der Waals surface area contributed by atoms with E-state index in [4.69, 9.17) is 20.5 Å². The molecule has 0 radical (unpaired) electrons. The van der Waals surface area contributed by atoms with Crippen molar-refractivity contribution in [1.82, 2.24) is 0 Å². The number of hydrogen-bond donors (Lipinski definition) is 1. The lowest BCUT2D eigenvalue weighted by Gasteiger charge is -2.02. The lowest BCUT2D eigenvalue weighted by atomic mass is 10.1. The van der Waals surface area contributed by atoms with Gasteiger partial charge in [-0.3, -0.25) is 4.79 Å². The van der Waals surface area contributed by atoms with Gasteiger partial charge in [0.15, 0.2) is 11.5 Å². The van der Waals surface area contributed by atoms with E-state index < -0.39 is 5.91 Å². The SMILES string of the molecule is N#CC(=Cc1cc2c(cc1Br)OCO2)C(N)=O. The fraction of sp³-hybridized carbons (Fsp3) is 0.0909. The van der Waals surface area contributed by atoms with Crippen molar-refractivity contribution in [3.63, 3.8) is 0 Å². The second-order valence-electron chi connectivity index (χ2n) is 3.26. The highest BCUT2D eigenvalue weighted by Crippen LogP contribution is 2.37. The van der Waals surface area contributed by atoms with Gasteiger partial charge in [-0.2, -0.15) is 5.26 Å². The molecule has 6 heteroatoms. The van der Waals surface area contributed by atoms with Crippen LogP contribution in [-0.2, 0) is 4.79 Å². The van der Waals surface area contributed by atoms with Crippen LogP contribution in [0.15, 0.2) is 22.2 Å². The molecule has 1 aromatic carbocycles. The number of nitrogens with two attached hydrogens (primary N) is 1. The zero-order valence-corrected chi connectivity index (χ0v) is 10.2. The zero-order valence-electron chi connectivity index (χ0n) is 8.57. The molecule has 0 aromatic heterocycles. The van der Waals surface area contributed by atoms with Crippen molar-refractivity contribution in [2.24, 2.45) is 5.73 Å². The van der Waals surface area contributed by atoms with Crippen LogP contribution in [0, 0.1) is 11.3 Å². The maximum atomic E-state index is 10.9. The van der Waals surface area contributed by atoms with Crippen LogP contribution in [0.4, 0.5) is 0 Å². The summed E-state index contributed by atoms with van der Waals surface area (Å²) in [6.45, 7) is 0.163. The molecule has 0 saturated carbocycles. The average Bonchev–Trinajstić information content (AvgIpc) is 2.72. The van der Waals surface area contributed by atoms with E-state index in [2.05, 4.69) is 15.9 Å². The third-order valence-corrected chi connectivity index (χ3v) is 2.86. The molecule has 1 amide bonds. The van der Waals surface area contributed by atoms with Gasteiger partial charge in [0.05, 0.1) is 0 Å². The molecule has 1 aliphatic rings. The Hall–Kier alpha value is -2.00. The quantitative estimate of drug-likeness (QED) is 0.663. The van der Waals surface area contributed by atoms with Gasteiger partial charge in [0.2, 0.25) is 6.79 Å². The molecule has 0 saturated heterocycles. The number of carbonyl (C=O) groups is 1. The van der Waals surface area contributed by atoms with Crippen LogP contribution in [0.2, 0.25) is 0 Å². The van der Waals surface area contributed by atoms with Crippen LogP contribution in [0.3, 0.4) is 0 Å². The van der Waals surface area contributed by atoms with Crippen LogP contribution in [0.1, 0.15) is 5.56 Å². The smallest absolute Gasteiger partial charge is 0.259 e. The highest BCUT2D eigenvalue weighted by Gasteiger charge is 2.16. The maximum Gasteiger partial charge on any atom is 0.259 e. The van der Waals surface area contributed by atoms with Crippen molar-refractivity contribution in [3.05, 3.63) is 27.7 Å². The molecule has 1 aromatic rings. The molecule has 1 heterocycles. The van der Waals surface area contributed by atoms with E-state index in [0.717, 1.165) is 0 Å². The van der Waals surface area contributed by atoms with Gasteiger partial charge in [-0.05, 0) is 23.8 Å². The van der Waals surface area contributed by atoms with Crippen LogP contribution < -0.4 is 15.2 Å². The lowest BCUT2D eigenvalue weighted by Crippen LogP contribution is -2.12. The molecular formula is C11H7BrN2O3. The number of nitrogens with zero attached hydrogens (tertiary/aromatic N) is 1. The Kier molecular flexibility index (Phi) is 3.02. The molecule has 0 spiro atoms. The van der Waals surface area contributed by atoms with Crippen LogP contribution in [0.25, 0.3) is 6.08 Å². The third-order valence-electron chi connectivity index (χ3n) is 2.18. The number of halogens is 1. The standard InChI is InChI=1S/C11H7BrN2O3/c12-8-3-10-9(16-5-17-10)2-6(8)1-7(4-13)11(14)15/h1-3H,5H2,(H2,14,15). The molecule has 2 N–H and O–H groups in total. The normalized spacial score (nSPS) is 13.3. The zero-order chi connectivity index (χ0) is 12.4. The van der Waals surface area contributed by atoms with Gasteiger partial charge in [-0.15, -0.1) is 0 Å². The summed E-state index contributed by atoms with van der Waals surface area (Å²) in [5.74, 6) is 0.421. The number of benzene rings is 1. The summed E-state index contributed by atoms with van der Waals surface area (Å²) >= 11 is 3.32. The molecule has 5 nitrogen and oxygen atoms in total. The van der Waals surface area contributed by atoms with Gasteiger partial charge in [0, 0.05) is 4.47 Å². The first-order chi connectivity index (χ1) is 8.11. The van der Waals surface area contributed by atoms with Crippen molar-refractivity contribution in [3.8, 4) is 17.6 Å². The minimum absolute atomic E-state index is 0.121. The number of hydrogen-bond acceptors (Lipinski definition) is 4. The van der Waals surface area contributed by atoms with Crippen LogP contribution in [0.5, 0.6) is 11.5 Å². The second kappa shape index (κ2) is 4.47. The fourth-order valence-corrected chi connectivity index (χ4v) is 1.79. The molecule has 0 atom stereocenters. The summed E-state index contributed by atoms with van der Waals surface area (Å²) in [6, 6.07) is 5.12. The Balaban J connectivity index is 2.47. The number of primary amides is 1. The van der Waals surface area contributed by atoms with Crippen molar-refractivity contribution >= 4 is 27.9 Å². The fourth-order valence-electron chi connectivity index (χ4n) is 1.36. The van der Waals surface area contributed by atoms with Crippen molar-refractivity contribution in [1.29, 1.82) is 5.26 Å². The molecule has 0 bridgehead atoms. The predicted octanol–water partition coefficient (Wildman–Crippen LogP) is 1.57. The number of ether oxygens (including phenoxy) is 2. The minimum Gasteiger partial charge on any atom is -0.454 e. The van der Waals surface area contributed by atoms with E-state index in [1.54, 1.807) is 18.2 Å². The third kappa shape index (κ3) is 2.24. The Morgan fingerprint density at radius 3 is 2.71 bits per heavy atom. The van der Waals surface area contributed by atoms with E-state index in [1.165, 1.54) is 6.08 Å². The highest BCUT2D eigenvalue weighted by molar-refractivity contribution is 9.10. The van der Waals surface area contributed by atoms with Gasteiger partial charge in [-0.25, -0.2) is 0 Å². The first kappa shape index (κ1) is 11.5. The van der Waals surface area contributed by atoms with Crippen molar-refractivity contribution in [2.45, 2.75) is 0 Å². The minimum atomic E-state index is -0.767. The first-order valence-corrected chi connectivity index (χ1v) is 5.42. The predicted molar refractivity (Wildman–Crippen MR) is 63.0 cm³/mol. The van der Waals surface area contributed by atoms with E-state index >= 15 is 0 Å². The van der Waals surface area contributed by atoms with Crippen molar-refractivity contribution in [2.75, 3.05) is 6.79 Å². The van der Waals surface area contributed by atoms with Gasteiger partial charge >= 0.3 is 0 Å². The largest absolute Gasteiger partial charge is 0.454 e. The van der Waals surface area contributed by atoms with Crippen LogP contribution >= 0.6 is 15.9 Å². The second-order valence-corrected chi connectivity index (χ2v) is 4.12. The average molecular weight is 295 g/mol. The van der Waals surface area contributed by atoms with E-state index in [9.17, 15) is 4.79 Å². The molecule has 86 valence electrons. The van der Waals surface area contributed by atoms with E-state index in [1.807, 2.05) is 0 Å². The Morgan fingerprint density at radius 2 is 2.12 bits per heavy atom. The summed E-state index contributed by atoms with van der Waals surface area (Å²) in [6.07, 6.45) is 1.40. The Morgan fingerprint density at radius 1 is 1.47 bits per heavy atom. The number of fused-ring (bicyclic) bond motifs is 1. The Labute approximate surface area is 106 Å². The van der Waals surface area contributed by atoms with Gasteiger partial charge < -0.3 is 15.2 Å². The van der Waals surface area contributed by atoms with Crippen LogP contribution in [-0.4, -0.2) is 12.7 Å². The maximum absolute atomic E-state index is 10.9. The number of amides is 1. The number of rotatable bonds is 2. The van der Waals surface area contributed by atoms with E-state index in [0.29, 0.717) is 21.5 Å². The Bertz CT molecular complexity index is 561. The topological polar surface area (TPSA) is 85.3 Å². The molecule has 2 rings (SSSR count). The van der Waals surface area contributed by atoms with Gasteiger partial charge in [0.1, 0.15) is 11.6 Å². The monoisotopic (exact) mass is 294 g/mol. The number of nitriles is 1. The summed E-state index contributed by atoms with van der Waals surface area (Å²) in [5, 5.41) is 8.75. The summed E-state index contributed by atoms with van der Waals surface area (Å²) in [7, 11) is 0. The molecule has 0 aliphatic carbocycles. The van der Waals surface area contributed by atoms with Gasteiger partial charge in [0.25, 0.3) is 5.91 Å². The molecule has 1 aliphatic heterocycles. The summed E-state index contributed by atoms with van der Waals surface area (Å²) in [4.78, 5) is 10.9. The lowest BCUT2D eigenvalue weighted by molar-refractivity contribution is -0.114. The number of carbonyl (C=O) groups excluding carboxylic acids is 1. The highest BCUT2D eigenvalue weighted by atomic mass is 79.9. The van der Waals surface area contributed by atoms with Crippen molar-refractivity contribution < 1.29 is 14.3 Å². The summed E-state index contributed by atoms with van der Waals surface area (Å²) < 4.78 is 11.1. The van der Waals surface area contributed by atoms with Gasteiger partial charge in [-0.1, -0.05) is 15.9 Å². The van der Waals surface area contributed by atoms with E-state index in [-0.39, 0.29) is 12.4 Å². The molecule has 0 fully saturated rings.